The van der Waals surface area contributed by atoms with E-state index in [-0.39, 0.29) is 29.6 Å². The molecular weight excluding hydrogens is 395 g/mol. The molecule has 29 heavy (non-hydrogen) atoms. The third-order valence-electron chi connectivity index (χ3n) is 5.24. The zero-order valence-electron chi connectivity index (χ0n) is 19.3. The molecule has 0 aliphatic carbocycles. The van der Waals surface area contributed by atoms with Crippen LogP contribution in [-0.4, -0.2) is 13.0 Å². The molecule has 0 saturated heterocycles. The minimum absolute atomic E-state index is 0. The third-order valence-corrected chi connectivity index (χ3v) is 5.59. The Morgan fingerprint density at radius 2 is 0.931 bits per heavy atom. The minimum Gasteiger partial charge on any atom is -0.716 e. The van der Waals surface area contributed by atoms with E-state index < -0.39 is 10.4 Å². The van der Waals surface area contributed by atoms with E-state index in [1.807, 2.05) is 0 Å². The average molecular weight is 441 g/mol. The van der Waals surface area contributed by atoms with Gasteiger partial charge in [0.15, 0.2) is 0 Å². The summed E-state index contributed by atoms with van der Waals surface area (Å²) < 4.78 is 34.6. The van der Waals surface area contributed by atoms with Crippen molar-refractivity contribution in [2.24, 2.45) is 0 Å². The van der Waals surface area contributed by atoms with Crippen LogP contribution in [0, 0.1) is 0 Å². The molecule has 0 fully saturated rings. The zero-order chi connectivity index (χ0) is 20.8. The summed E-state index contributed by atoms with van der Waals surface area (Å²) in [5, 5.41) is 0. The van der Waals surface area contributed by atoms with Crippen LogP contribution >= 0.6 is 0 Å². The molecule has 0 unspecified atom stereocenters. The van der Waals surface area contributed by atoms with Crippen LogP contribution in [0.3, 0.4) is 0 Å². The van der Waals surface area contributed by atoms with Gasteiger partial charge in [0.2, 0.25) is 0 Å². The van der Waals surface area contributed by atoms with E-state index in [2.05, 4.69) is 11.1 Å². The van der Waals surface area contributed by atoms with Crippen LogP contribution in [0.25, 0.3) is 0 Å². The van der Waals surface area contributed by atoms with Gasteiger partial charge < -0.3 is 8.74 Å². The molecule has 0 amide bonds. The molecule has 0 radical (unpaired) electrons. The van der Waals surface area contributed by atoms with Gasteiger partial charge in [-0.3, -0.25) is 0 Å². The Bertz CT molecular complexity index is 438. The van der Waals surface area contributed by atoms with E-state index in [9.17, 15) is 13.0 Å². The first-order valence-corrected chi connectivity index (χ1v) is 13.2. The Kier molecular flexibility index (Phi) is 27.0. The summed E-state index contributed by atoms with van der Waals surface area (Å²) >= 11 is 0. The maximum Gasteiger partial charge on any atom is 1.00 e. The fraction of sp³-hybridized carbons (Fsp3) is 0.913. The maximum atomic E-state index is 10.2. The summed E-state index contributed by atoms with van der Waals surface area (Å²) in [5.41, 5.74) is 0. The van der Waals surface area contributed by atoms with Gasteiger partial charge in [0.1, 0.15) is 6.26 Å². The summed E-state index contributed by atoms with van der Waals surface area (Å²) in [6, 6.07) is 0. The zero-order valence-corrected chi connectivity index (χ0v) is 22.2. The minimum atomic E-state index is -4.59. The number of unbranched alkanes of at least 4 members (excludes halogenated alkanes) is 19. The van der Waals surface area contributed by atoms with E-state index in [0.717, 1.165) is 25.5 Å². The first-order chi connectivity index (χ1) is 13.6. The van der Waals surface area contributed by atoms with Gasteiger partial charge in [0, 0.05) is 0 Å². The molecule has 4 nitrogen and oxygen atoms in total. The number of hydrogen-bond donors (Lipinski definition) is 0. The summed E-state index contributed by atoms with van der Waals surface area (Å²) in [5.74, 6) is 0. The molecule has 0 rings (SSSR count). The molecule has 0 aliphatic heterocycles. The molecule has 0 saturated carbocycles. The van der Waals surface area contributed by atoms with Crippen molar-refractivity contribution in [3.8, 4) is 0 Å². The summed E-state index contributed by atoms with van der Waals surface area (Å²) in [6.45, 7) is 2.28. The smallest absolute Gasteiger partial charge is 0.716 e. The Labute approximate surface area is 203 Å². The molecule has 0 atom stereocenters. The van der Waals surface area contributed by atoms with E-state index in [4.69, 9.17) is 0 Å². The van der Waals surface area contributed by atoms with E-state index in [1.165, 1.54) is 109 Å². The van der Waals surface area contributed by atoms with Gasteiger partial charge in [0.25, 0.3) is 10.4 Å². The molecule has 0 aromatic rings. The van der Waals surface area contributed by atoms with Gasteiger partial charge in [-0.25, -0.2) is 8.42 Å². The first-order valence-electron chi connectivity index (χ1n) is 11.9. The van der Waals surface area contributed by atoms with Crippen LogP contribution in [0.5, 0.6) is 0 Å². The Balaban J connectivity index is 0. The average Bonchev–Trinajstić information content (AvgIpc) is 2.65. The predicted octanol–water partition coefficient (Wildman–Crippen LogP) is 4.80. The van der Waals surface area contributed by atoms with E-state index in [1.54, 1.807) is 6.08 Å². The molecule has 0 N–H and O–H groups in total. The number of hydrogen-bond acceptors (Lipinski definition) is 4. The van der Waals surface area contributed by atoms with Gasteiger partial charge in [-0.1, -0.05) is 122 Å². The SMILES string of the molecule is CCCCCCCCCCCCCCCCCCCCC/C=C/OS(=O)(=O)[O-].[Na+]. The van der Waals surface area contributed by atoms with Gasteiger partial charge >= 0.3 is 29.6 Å². The van der Waals surface area contributed by atoms with Gasteiger partial charge in [-0.2, -0.15) is 0 Å². The van der Waals surface area contributed by atoms with Crippen LogP contribution in [0.1, 0.15) is 135 Å². The molecule has 0 spiro atoms. The van der Waals surface area contributed by atoms with E-state index in [0.29, 0.717) is 0 Å². The largest absolute Gasteiger partial charge is 1.00 e. The number of allylic oxidation sites excluding steroid dienone is 1. The van der Waals surface area contributed by atoms with Crippen LogP contribution in [0.15, 0.2) is 12.3 Å². The molecule has 168 valence electrons. The molecule has 0 heterocycles. The standard InChI is InChI=1S/C23H46O4S.Na/c1-2-3-4-5-6-7-8-9-10-11-12-13-14-15-16-17-18-19-20-21-22-23-27-28(24,25)26;/h22-23H,2-21H2,1H3,(H,24,25,26);/q;+1/p-1/b23-22+;. The third kappa shape index (κ3) is 30.7. The fourth-order valence-electron chi connectivity index (χ4n) is 3.52. The van der Waals surface area contributed by atoms with Crippen molar-refractivity contribution in [2.45, 2.75) is 135 Å². The van der Waals surface area contributed by atoms with Crippen molar-refractivity contribution in [2.75, 3.05) is 0 Å². The second-order valence-electron chi connectivity index (χ2n) is 8.03. The molecule has 0 bridgehead atoms. The van der Waals surface area contributed by atoms with Crippen molar-refractivity contribution >= 4 is 10.4 Å². The fourth-order valence-corrected chi connectivity index (χ4v) is 3.73. The summed E-state index contributed by atoms with van der Waals surface area (Å²) in [6.07, 6.45) is 29.1. The Hall–Kier alpha value is 0.450. The molecule has 6 heteroatoms. The van der Waals surface area contributed by atoms with Crippen LogP contribution < -0.4 is 29.6 Å². The molecule has 0 aromatic carbocycles. The second kappa shape index (κ2) is 24.7. The van der Waals surface area contributed by atoms with Crippen molar-refractivity contribution < 1.29 is 46.7 Å². The van der Waals surface area contributed by atoms with Crippen LogP contribution in [0.2, 0.25) is 0 Å². The first kappa shape index (κ1) is 31.6. The topological polar surface area (TPSA) is 66.4 Å². The van der Waals surface area contributed by atoms with Crippen LogP contribution in [-0.2, 0) is 14.6 Å². The Morgan fingerprint density at radius 1 is 0.621 bits per heavy atom. The normalized spacial score (nSPS) is 11.7. The monoisotopic (exact) mass is 440 g/mol. The summed E-state index contributed by atoms with van der Waals surface area (Å²) in [7, 11) is -4.59. The molecular formula is C23H45NaO4S. The predicted molar refractivity (Wildman–Crippen MR) is 118 cm³/mol. The quantitative estimate of drug-likeness (QED) is 0.0797. The van der Waals surface area contributed by atoms with Crippen molar-refractivity contribution in [3.05, 3.63) is 12.3 Å². The Morgan fingerprint density at radius 3 is 1.24 bits per heavy atom. The van der Waals surface area contributed by atoms with Gasteiger partial charge in [-0.05, 0) is 18.9 Å². The number of rotatable bonds is 22. The van der Waals surface area contributed by atoms with Crippen molar-refractivity contribution in [3.63, 3.8) is 0 Å². The molecule has 0 aliphatic rings. The van der Waals surface area contributed by atoms with Crippen molar-refractivity contribution in [1.29, 1.82) is 0 Å². The van der Waals surface area contributed by atoms with Gasteiger partial charge in [0.05, 0.1) is 0 Å². The van der Waals surface area contributed by atoms with E-state index >= 15 is 0 Å². The van der Waals surface area contributed by atoms with Gasteiger partial charge in [-0.15, -0.1) is 0 Å². The van der Waals surface area contributed by atoms with Crippen molar-refractivity contribution in [1.82, 2.24) is 0 Å². The second-order valence-corrected chi connectivity index (χ2v) is 9.04. The molecule has 0 aromatic heterocycles. The van der Waals surface area contributed by atoms with Crippen LogP contribution in [0.4, 0.5) is 0 Å². The maximum absolute atomic E-state index is 10.2. The summed E-state index contributed by atoms with van der Waals surface area (Å²) in [4.78, 5) is 0.